The van der Waals surface area contributed by atoms with Gasteiger partial charge in [-0.2, -0.15) is 0 Å². The van der Waals surface area contributed by atoms with Crippen LogP contribution >= 0.6 is 0 Å². The number of carbonyl (C=O) groups excluding carboxylic acids is 1. The number of carboxylic acid groups (broad SMARTS) is 1. The maximum absolute atomic E-state index is 12.5. The van der Waals surface area contributed by atoms with Gasteiger partial charge in [0.1, 0.15) is 11.4 Å². The number of aliphatic carboxylic acids is 1. The zero-order valence-corrected chi connectivity index (χ0v) is 21.5. The van der Waals surface area contributed by atoms with Crippen LogP contribution in [-0.2, 0) is 16.0 Å². The summed E-state index contributed by atoms with van der Waals surface area (Å²) in [5.74, 6) is 0.190. The molecule has 0 bridgehead atoms. The lowest BCUT2D eigenvalue weighted by Gasteiger charge is -2.34. The van der Waals surface area contributed by atoms with Crippen LogP contribution in [-0.4, -0.2) is 50.7 Å². The first-order valence-corrected chi connectivity index (χ1v) is 12.5. The number of anilines is 2. The van der Waals surface area contributed by atoms with Crippen molar-refractivity contribution in [1.82, 2.24) is 14.9 Å². The fourth-order valence-corrected chi connectivity index (χ4v) is 4.46. The SMILES string of the molecule is CCc1ncc(Nc2cc([C@H](CC)CC(=O)O)ccc2C2CCN(C(=O)OC(C)(C)C)CC2)cn1. The molecule has 1 amide bonds. The zero-order valence-electron chi connectivity index (χ0n) is 21.5. The molecule has 0 unspecified atom stereocenters. The average molecular weight is 483 g/mol. The van der Waals surface area contributed by atoms with Crippen molar-refractivity contribution in [2.45, 2.75) is 84.2 Å². The predicted molar refractivity (Wildman–Crippen MR) is 136 cm³/mol. The standard InChI is InChI=1S/C27H38N4O4/c1-6-18(15-25(32)33)20-8-9-22(23(14-20)30-21-16-28-24(7-2)29-17-21)19-10-12-31(13-11-19)26(34)35-27(3,4)5/h8-9,14,16-19,30H,6-7,10-13,15H2,1-5H3,(H,32,33)/t18-/m1/s1. The number of likely N-dealkylation sites (tertiary alicyclic amines) is 1. The number of ether oxygens (including phenoxy) is 1. The molecule has 0 saturated carbocycles. The average Bonchev–Trinajstić information content (AvgIpc) is 2.82. The molecule has 1 atom stereocenters. The molecule has 1 aliphatic heterocycles. The van der Waals surface area contributed by atoms with Gasteiger partial charge in [0, 0.05) is 25.2 Å². The monoisotopic (exact) mass is 482 g/mol. The van der Waals surface area contributed by atoms with Crippen LogP contribution in [0.1, 0.15) is 89.1 Å². The van der Waals surface area contributed by atoms with Crippen molar-refractivity contribution < 1.29 is 19.4 Å². The molecule has 1 aromatic carbocycles. The summed E-state index contributed by atoms with van der Waals surface area (Å²) < 4.78 is 5.54. The van der Waals surface area contributed by atoms with E-state index in [1.54, 1.807) is 17.3 Å². The van der Waals surface area contributed by atoms with Crippen LogP contribution in [0.4, 0.5) is 16.2 Å². The summed E-state index contributed by atoms with van der Waals surface area (Å²) in [4.78, 5) is 34.5. The quantitative estimate of drug-likeness (QED) is 0.485. The maximum Gasteiger partial charge on any atom is 0.410 e. The van der Waals surface area contributed by atoms with Crippen LogP contribution in [0.15, 0.2) is 30.6 Å². The number of carbonyl (C=O) groups is 2. The molecule has 1 aromatic heterocycles. The van der Waals surface area contributed by atoms with Crippen molar-refractivity contribution in [3.8, 4) is 0 Å². The number of rotatable bonds is 8. The van der Waals surface area contributed by atoms with Gasteiger partial charge in [0.2, 0.25) is 0 Å². The minimum atomic E-state index is -0.798. The molecule has 1 aliphatic rings. The van der Waals surface area contributed by atoms with Crippen molar-refractivity contribution >= 4 is 23.4 Å². The molecule has 1 fully saturated rings. The molecule has 190 valence electrons. The highest BCUT2D eigenvalue weighted by atomic mass is 16.6. The van der Waals surface area contributed by atoms with Crippen LogP contribution < -0.4 is 5.32 Å². The summed E-state index contributed by atoms with van der Waals surface area (Å²) in [7, 11) is 0. The molecule has 2 heterocycles. The second-order valence-electron chi connectivity index (χ2n) is 10.2. The molecule has 0 radical (unpaired) electrons. The van der Waals surface area contributed by atoms with Gasteiger partial charge in [-0.15, -0.1) is 0 Å². The van der Waals surface area contributed by atoms with Gasteiger partial charge in [0.05, 0.1) is 24.5 Å². The fraction of sp³-hybridized carbons (Fsp3) is 0.556. The summed E-state index contributed by atoms with van der Waals surface area (Å²) in [5.41, 5.74) is 3.37. The number of benzene rings is 1. The van der Waals surface area contributed by atoms with Crippen molar-refractivity contribution in [1.29, 1.82) is 0 Å². The Labute approximate surface area is 208 Å². The van der Waals surface area contributed by atoms with Crippen molar-refractivity contribution in [2.24, 2.45) is 0 Å². The molecule has 2 aromatic rings. The van der Waals surface area contributed by atoms with Gasteiger partial charge in [-0.3, -0.25) is 4.79 Å². The summed E-state index contributed by atoms with van der Waals surface area (Å²) >= 11 is 0. The number of piperidine rings is 1. The van der Waals surface area contributed by atoms with Crippen molar-refractivity contribution in [2.75, 3.05) is 18.4 Å². The van der Waals surface area contributed by atoms with Crippen LogP contribution in [0, 0.1) is 0 Å². The van der Waals surface area contributed by atoms with E-state index in [-0.39, 0.29) is 24.3 Å². The Kier molecular flexibility index (Phi) is 8.70. The van der Waals surface area contributed by atoms with Gasteiger partial charge >= 0.3 is 12.1 Å². The molecule has 0 spiro atoms. The third kappa shape index (κ3) is 7.41. The minimum absolute atomic E-state index is 0.0603. The van der Waals surface area contributed by atoms with Crippen LogP contribution in [0.2, 0.25) is 0 Å². The van der Waals surface area contributed by atoms with Crippen LogP contribution in [0.5, 0.6) is 0 Å². The number of hydrogen-bond donors (Lipinski definition) is 2. The number of amides is 1. The van der Waals surface area contributed by atoms with Crippen LogP contribution in [0.3, 0.4) is 0 Å². The molecule has 0 aliphatic carbocycles. The molecular formula is C27H38N4O4. The van der Waals surface area contributed by atoms with Crippen molar-refractivity contribution in [3.63, 3.8) is 0 Å². The Morgan fingerprint density at radius 3 is 2.37 bits per heavy atom. The minimum Gasteiger partial charge on any atom is -0.481 e. The Bertz CT molecular complexity index is 1010. The number of nitrogens with zero attached hydrogens (tertiary/aromatic N) is 3. The van der Waals surface area contributed by atoms with Crippen LogP contribution in [0.25, 0.3) is 0 Å². The highest BCUT2D eigenvalue weighted by molar-refractivity contribution is 5.70. The summed E-state index contributed by atoms with van der Waals surface area (Å²) in [5, 5.41) is 12.8. The van der Waals surface area contributed by atoms with E-state index in [1.807, 2.05) is 34.6 Å². The Morgan fingerprint density at radius 2 is 1.83 bits per heavy atom. The molecule has 1 saturated heterocycles. The van der Waals surface area contributed by atoms with Gasteiger partial charge in [-0.25, -0.2) is 14.8 Å². The first-order chi connectivity index (χ1) is 16.6. The number of aryl methyl sites for hydroxylation is 1. The number of nitrogens with one attached hydrogen (secondary N) is 1. The summed E-state index contributed by atoms with van der Waals surface area (Å²) in [6, 6.07) is 6.23. The van der Waals surface area contributed by atoms with Gasteiger partial charge in [-0.1, -0.05) is 26.0 Å². The second-order valence-corrected chi connectivity index (χ2v) is 10.2. The van der Waals surface area contributed by atoms with E-state index >= 15 is 0 Å². The first-order valence-electron chi connectivity index (χ1n) is 12.5. The van der Waals surface area contributed by atoms with Gasteiger partial charge < -0.3 is 20.1 Å². The molecule has 8 heteroatoms. The number of hydrogen-bond acceptors (Lipinski definition) is 6. The summed E-state index contributed by atoms with van der Waals surface area (Å²) in [6.07, 6.45) is 6.55. The normalized spacial score (nSPS) is 15.5. The van der Waals surface area contributed by atoms with E-state index < -0.39 is 11.6 Å². The topological polar surface area (TPSA) is 105 Å². The lowest BCUT2D eigenvalue weighted by molar-refractivity contribution is -0.137. The lowest BCUT2D eigenvalue weighted by atomic mass is 9.85. The third-order valence-corrected chi connectivity index (χ3v) is 6.35. The Hall–Kier alpha value is -3.16. The predicted octanol–water partition coefficient (Wildman–Crippen LogP) is 5.87. The maximum atomic E-state index is 12.5. The van der Waals surface area contributed by atoms with E-state index in [9.17, 15) is 14.7 Å². The van der Waals surface area contributed by atoms with E-state index in [4.69, 9.17) is 4.74 Å². The molecule has 2 N–H and O–H groups in total. The molecule has 3 rings (SSSR count). The highest BCUT2D eigenvalue weighted by Crippen LogP contribution is 2.37. The fourth-order valence-electron chi connectivity index (χ4n) is 4.46. The Morgan fingerprint density at radius 1 is 1.17 bits per heavy atom. The molecule has 8 nitrogen and oxygen atoms in total. The number of carboxylic acids is 1. The zero-order chi connectivity index (χ0) is 25.6. The van der Waals surface area contributed by atoms with E-state index in [2.05, 4.69) is 33.5 Å². The highest BCUT2D eigenvalue weighted by Gasteiger charge is 2.29. The largest absolute Gasteiger partial charge is 0.481 e. The Balaban J connectivity index is 1.84. The first kappa shape index (κ1) is 26.4. The lowest BCUT2D eigenvalue weighted by Crippen LogP contribution is -2.41. The summed E-state index contributed by atoms with van der Waals surface area (Å²) in [6.45, 7) is 10.9. The van der Waals surface area contributed by atoms with E-state index in [1.165, 1.54) is 0 Å². The smallest absolute Gasteiger partial charge is 0.410 e. The molecular weight excluding hydrogens is 444 g/mol. The number of aromatic nitrogens is 2. The second kappa shape index (κ2) is 11.5. The third-order valence-electron chi connectivity index (χ3n) is 6.35. The van der Waals surface area contributed by atoms with Gasteiger partial charge in [0.15, 0.2) is 0 Å². The van der Waals surface area contributed by atoms with Gasteiger partial charge in [0.25, 0.3) is 0 Å². The van der Waals surface area contributed by atoms with E-state index in [0.717, 1.165) is 54.0 Å². The van der Waals surface area contributed by atoms with E-state index in [0.29, 0.717) is 13.1 Å². The molecule has 35 heavy (non-hydrogen) atoms. The van der Waals surface area contributed by atoms with Gasteiger partial charge in [-0.05, 0) is 69.1 Å². The van der Waals surface area contributed by atoms with Crippen molar-refractivity contribution in [3.05, 3.63) is 47.5 Å².